The van der Waals surface area contributed by atoms with E-state index in [1.165, 1.54) is 11.3 Å². The number of fused-ring (bicyclic) bond motifs is 2. The van der Waals surface area contributed by atoms with Gasteiger partial charge in [-0.2, -0.15) is 9.61 Å². The van der Waals surface area contributed by atoms with Crippen molar-refractivity contribution in [2.75, 3.05) is 5.73 Å². The Morgan fingerprint density at radius 2 is 1.71 bits per heavy atom. The van der Waals surface area contributed by atoms with Crippen molar-refractivity contribution in [2.45, 2.75) is 0 Å². The number of halogens is 1. The second-order valence-corrected chi connectivity index (χ2v) is 9.05. The molecule has 3 N–H and O–H groups in total. The van der Waals surface area contributed by atoms with Gasteiger partial charge in [0.2, 0.25) is 10.8 Å². The molecule has 0 bridgehead atoms. The molecule has 0 amide bonds. The molecule has 0 aliphatic heterocycles. The van der Waals surface area contributed by atoms with E-state index in [0.29, 0.717) is 5.82 Å². The van der Waals surface area contributed by atoms with Crippen LogP contribution in [0, 0.1) is 0 Å². The van der Waals surface area contributed by atoms with Crippen molar-refractivity contribution in [1.29, 1.82) is 0 Å². The Labute approximate surface area is 189 Å². The number of aromatic amines is 1. The van der Waals surface area contributed by atoms with E-state index < -0.39 is 0 Å². The van der Waals surface area contributed by atoms with Crippen LogP contribution in [0.2, 0.25) is 0 Å². The minimum absolute atomic E-state index is 0.680. The molecule has 3 aromatic carbocycles. The molecular weight excluding hydrogens is 472 g/mol. The molecule has 3 heterocycles. The predicted molar refractivity (Wildman–Crippen MR) is 129 cm³/mol. The molecule has 6 rings (SSSR count). The quantitative estimate of drug-likeness (QED) is 0.299. The number of nitrogen functional groups attached to an aromatic ring is 1. The maximum atomic E-state index is 5.83. The second kappa shape index (κ2) is 7.04. The maximum Gasteiger partial charge on any atom is 0.235 e. The number of nitrogens with one attached hydrogen (secondary N) is 1. The Kier molecular flexibility index (Phi) is 4.15. The molecule has 0 aliphatic rings. The lowest BCUT2D eigenvalue weighted by Crippen LogP contribution is -1.93. The fraction of sp³-hybridized carbons (Fsp3) is 0. The summed E-state index contributed by atoms with van der Waals surface area (Å²) in [6.45, 7) is 0. The molecule has 0 saturated carbocycles. The standard InChI is InChI=1S/C23H15BrN6S/c24-15-8-11-18-17(12-15)19(13-4-2-1-3-5-13)20(26-18)21-27-28-23-30(21)29-22(31-23)14-6-9-16(25)10-7-14/h1-12,26H,25H2. The summed E-state index contributed by atoms with van der Waals surface area (Å²) >= 11 is 5.10. The summed E-state index contributed by atoms with van der Waals surface area (Å²) in [4.78, 5) is 4.28. The third-order valence-corrected chi connectivity index (χ3v) is 6.64. The largest absolute Gasteiger partial charge is 0.399 e. The van der Waals surface area contributed by atoms with Crippen LogP contribution in [-0.2, 0) is 0 Å². The van der Waals surface area contributed by atoms with Crippen LogP contribution in [-0.4, -0.2) is 24.8 Å². The number of benzene rings is 3. The monoisotopic (exact) mass is 486 g/mol. The molecular formula is C23H15BrN6S. The number of rotatable bonds is 3. The molecule has 0 spiro atoms. The molecule has 8 heteroatoms. The van der Waals surface area contributed by atoms with Crippen LogP contribution >= 0.6 is 27.3 Å². The topological polar surface area (TPSA) is 84.9 Å². The molecule has 0 atom stereocenters. The van der Waals surface area contributed by atoms with Gasteiger partial charge in [0.1, 0.15) is 5.01 Å². The summed E-state index contributed by atoms with van der Waals surface area (Å²) in [5.41, 5.74) is 11.7. The van der Waals surface area contributed by atoms with Gasteiger partial charge in [-0.25, -0.2) is 0 Å². The molecule has 6 aromatic rings. The lowest BCUT2D eigenvalue weighted by Gasteiger charge is -2.04. The number of hydrogen-bond donors (Lipinski definition) is 2. The first-order valence-electron chi connectivity index (χ1n) is 9.62. The van der Waals surface area contributed by atoms with Gasteiger partial charge < -0.3 is 10.7 Å². The van der Waals surface area contributed by atoms with Crippen molar-refractivity contribution >= 4 is 48.8 Å². The van der Waals surface area contributed by atoms with Crippen molar-refractivity contribution in [2.24, 2.45) is 0 Å². The van der Waals surface area contributed by atoms with Gasteiger partial charge in [-0.15, -0.1) is 10.2 Å². The van der Waals surface area contributed by atoms with E-state index in [0.717, 1.165) is 53.4 Å². The van der Waals surface area contributed by atoms with Gasteiger partial charge in [0.25, 0.3) is 0 Å². The highest BCUT2D eigenvalue weighted by Crippen LogP contribution is 2.39. The van der Waals surface area contributed by atoms with Crippen LogP contribution in [0.1, 0.15) is 0 Å². The highest BCUT2D eigenvalue weighted by Gasteiger charge is 2.22. The average Bonchev–Trinajstić information content (AvgIpc) is 3.47. The number of nitrogens with two attached hydrogens (primary N) is 1. The third-order valence-electron chi connectivity index (χ3n) is 5.20. The zero-order valence-electron chi connectivity index (χ0n) is 16.1. The van der Waals surface area contributed by atoms with Crippen LogP contribution in [0.15, 0.2) is 77.3 Å². The summed E-state index contributed by atoms with van der Waals surface area (Å²) in [5.74, 6) is 0.680. The number of H-pyrrole nitrogens is 1. The smallest absolute Gasteiger partial charge is 0.235 e. The average molecular weight is 487 g/mol. The Balaban J connectivity index is 1.59. The lowest BCUT2D eigenvalue weighted by molar-refractivity contribution is 0.965. The normalized spacial score (nSPS) is 11.5. The van der Waals surface area contributed by atoms with E-state index in [9.17, 15) is 0 Å². The van der Waals surface area contributed by atoms with E-state index in [1.807, 2.05) is 53.0 Å². The van der Waals surface area contributed by atoms with Crippen molar-refractivity contribution < 1.29 is 0 Å². The van der Waals surface area contributed by atoms with E-state index >= 15 is 0 Å². The first-order valence-corrected chi connectivity index (χ1v) is 11.2. The van der Waals surface area contributed by atoms with Crippen LogP contribution in [0.25, 0.3) is 49.1 Å². The molecule has 6 nitrogen and oxygen atoms in total. The zero-order valence-corrected chi connectivity index (χ0v) is 18.5. The van der Waals surface area contributed by atoms with Gasteiger partial charge in [0, 0.05) is 32.2 Å². The summed E-state index contributed by atoms with van der Waals surface area (Å²) in [6.07, 6.45) is 0. The lowest BCUT2D eigenvalue weighted by atomic mass is 10.0. The number of aromatic nitrogens is 5. The second-order valence-electron chi connectivity index (χ2n) is 7.18. The number of hydrogen-bond acceptors (Lipinski definition) is 5. The molecule has 0 unspecified atom stereocenters. The Morgan fingerprint density at radius 1 is 0.903 bits per heavy atom. The summed E-state index contributed by atoms with van der Waals surface area (Å²) in [5, 5.41) is 15.7. The first-order chi connectivity index (χ1) is 15.2. The molecule has 0 saturated heterocycles. The van der Waals surface area contributed by atoms with Crippen LogP contribution in [0.3, 0.4) is 0 Å². The summed E-state index contributed by atoms with van der Waals surface area (Å²) < 4.78 is 2.83. The molecule has 0 radical (unpaired) electrons. The Bertz CT molecular complexity index is 1550. The predicted octanol–water partition coefficient (Wildman–Crippen LogP) is 6.01. The van der Waals surface area contributed by atoms with Gasteiger partial charge in [0.15, 0.2) is 0 Å². The van der Waals surface area contributed by atoms with E-state index in [2.05, 4.69) is 55.4 Å². The minimum Gasteiger partial charge on any atom is -0.399 e. The van der Waals surface area contributed by atoms with E-state index in [-0.39, 0.29) is 0 Å². The minimum atomic E-state index is 0.680. The Morgan fingerprint density at radius 3 is 2.52 bits per heavy atom. The van der Waals surface area contributed by atoms with Crippen LogP contribution < -0.4 is 5.73 Å². The van der Waals surface area contributed by atoms with Crippen LogP contribution in [0.4, 0.5) is 5.69 Å². The number of nitrogens with zero attached hydrogens (tertiary/aromatic N) is 4. The van der Waals surface area contributed by atoms with E-state index in [4.69, 9.17) is 10.8 Å². The molecule has 31 heavy (non-hydrogen) atoms. The summed E-state index contributed by atoms with van der Waals surface area (Å²) in [7, 11) is 0. The van der Waals surface area contributed by atoms with Crippen molar-refractivity contribution in [3.05, 3.63) is 77.3 Å². The van der Waals surface area contributed by atoms with Gasteiger partial charge in [-0.3, -0.25) is 0 Å². The van der Waals surface area contributed by atoms with Crippen molar-refractivity contribution in [3.63, 3.8) is 0 Å². The van der Waals surface area contributed by atoms with Gasteiger partial charge in [0.05, 0.1) is 5.69 Å². The van der Waals surface area contributed by atoms with Crippen LogP contribution in [0.5, 0.6) is 0 Å². The first kappa shape index (κ1) is 18.3. The zero-order chi connectivity index (χ0) is 20.9. The Hall–Kier alpha value is -3.49. The summed E-state index contributed by atoms with van der Waals surface area (Å²) in [6, 6.07) is 24.2. The van der Waals surface area contributed by atoms with Gasteiger partial charge >= 0.3 is 0 Å². The molecule has 0 aliphatic carbocycles. The van der Waals surface area contributed by atoms with Gasteiger partial charge in [-0.1, -0.05) is 57.6 Å². The fourth-order valence-electron chi connectivity index (χ4n) is 3.75. The fourth-order valence-corrected chi connectivity index (χ4v) is 4.96. The highest BCUT2D eigenvalue weighted by atomic mass is 79.9. The SMILES string of the molecule is Nc1ccc(-c2nn3c(-c4[nH]c5ccc(Br)cc5c4-c4ccccc4)nnc3s2)cc1. The highest BCUT2D eigenvalue weighted by molar-refractivity contribution is 9.10. The van der Waals surface area contributed by atoms with Gasteiger partial charge in [-0.05, 0) is 48.0 Å². The van der Waals surface area contributed by atoms with Crippen molar-refractivity contribution in [1.82, 2.24) is 24.8 Å². The van der Waals surface area contributed by atoms with E-state index in [1.54, 1.807) is 0 Å². The number of anilines is 1. The maximum absolute atomic E-state index is 5.83. The molecule has 150 valence electrons. The third kappa shape index (κ3) is 3.03. The van der Waals surface area contributed by atoms with Crippen molar-refractivity contribution in [3.8, 4) is 33.2 Å². The molecule has 3 aromatic heterocycles. The molecule has 0 fully saturated rings.